The molecule has 1 heterocycles. The minimum absolute atomic E-state index is 0.687. The smallest absolute Gasteiger partial charge is 0.124 e. The molecular weight excluding hydrogens is 260 g/mol. The lowest BCUT2D eigenvalue weighted by molar-refractivity contribution is 0.175. The number of likely N-dealkylation sites (N-methyl/N-ethyl adjacent to an activating group) is 1. The second kappa shape index (κ2) is 7.81. The number of nitrogens with zero attached hydrogens (tertiary/aromatic N) is 1. The van der Waals surface area contributed by atoms with Crippen LogP contribution in [0.4, 0.5) is 0 Å². The summed E-state index contributed by atoms with van der Waals surface area (Å²) in [7, 11) is 0. The van der Waals surface area contributed by atoms with Gasteiger partial charge in [0.1, 0.15) is 5.75 Å². The third kappa shape index (κ3) is 3.78. The fourth-order valence-corrected chi connectivity index (χ4v) is 3.25. The van der Waals surface area contributed by atoms with Crippen molar-refractivity contribution in [3.63, 3.8) is 0 Å². The minimum Gasteiger partial charge on any atom is -0.494 e. The third-order valence-electron chi connectivity index (χ3n) is 4.47. The summed E-state index contributed by atoms with van der Waals surface area (Å²) < 4.78 is 5.86. The van der Waals surface area contributed by atoms with Crippen LogP contribution in [0.25, 0.3) is 0 Å². The molecule has 0 saturated heterocycles. The van der Waals surface area contributed by atoms with Gasteiger partial charge in [-0.1, -0.05) is 26.8 Å². The molecule has 3 heteroatoms. The molecule has 0 bridgehead atoms. The molecule has 118 valence electrons. The van der Waals surface area contributed by atoms with E-state index in [1.165, 1.54) is 29.5 Å². The lowest BCUT2D eigenvalue weighted by Crippen LogP contribution is -2.39. The first-order chi connectivity index (χ1) is 10.2. The molecule has 1 atom stereocenters. The normalized spacial score (nSPS) is 18.6. The summed E-state index contributed by atoms with van der Waals surface area (Å²) in [5.41, 5.74) is 4.27. The van der Waals surface area contributed by atoms with Gasteiger partial charge in [-0.05, 0) is 50.0 Å². The molecule has 1 aromatic carbocycles. The standard InChI is InChI=1S/C18H30N2O/c1-5-17-10-14-9-15(12-19-6-2)18(21-8-4)11-16(14)13-20(17)7-3/h9,11,17,19H,5-8,10,12-13H2,1-4H3. The van der Waals surface area contributed by atoms with E-state index in [1.54, 1.807) is 0 Å². The van der Waals surface area contributed by atoms with E-state index in [4.69, 9.17) is 4.74 Å². The molecule has 1 aliphatic heterocycles. The molecular formula is C18H30N2O. The fraction of sp³-hybridized carbons (Fsp3) is 0.667. The SMILES string of the molecule is CCNCc1cc2c(cc1OCC)CN(CC)C(CC)C2. The van der Waals surface area contributed by atoms with E-state index in [1.807, 2.05) is 0 Å². The van der Waals surface area contributed by atoms with Gasteiger partial charge < -0.3 is 10.1 Å². The summed E-state index contributed by atoms with van der Waals surface area (Å²) in [5.74, 6) is 1.06. The van der Waals surface area contributed by atoms with Crippen molar-refractivity contribution in [3.8, 4) is 5.75 Å². The second-order valence-electron chi connectivity index (χ2n) is 5.77. The summed E-state index contributed by atoms with van der Waals surface area (Å²) in [5, 5.41) is 3.42. The highest BCUT2D eigenvalue weighted by Crippen LogP contribution is 2.31. The Kier molecular flexibility index (Phi) is 6.07. The Balaban J connectivity index is 2.30. The van der Waals surface area contributed by atoms with E-state index in [0.29, 0.717) is 6.04 Å². The van der Waals surface area contributed by atoms with E-state index >= 15 is 0 Å². The predicted octanol–water partition coefficient (Wildman–Crippen LogP) is 3.35. The first kappa shape index (κ1) is 16.3. The van der Waals surface area contributed by atoms with Crippen LogP contribution in [0.2, 0.25) is 0 Å². The molecule has 2 rings (SSSR count). The van der Waals surface area contributed by atoms with Gasteiger partial charge in [0.2, 0.25) is 0 Å². The van der Waals surface area contributed by atoms with Crippen molar-refractivity contribution in [2.24, 2.45) is 0 Å². The Morgan fingerprint density at radius 2 is 2.00 bits per heavy atom. The number of hydrogen-bond acceptors (Lipinski definition) is 3. The van der Waals surface area contributed by atoms with Gasteiger partial charge in [0.25, 0.3) is 0 Å². The Labute approximate surface area is 129 Å². The zero-order valence-corrected chi connectivity index (χ0v) is 14.0. The van der Waals surface area contributed by atoms with Crippen molar-refractivity contribution in [3.05, 3.63) is 28.8 Å². The molecule has 0 amide bonds. The summed E-state index contributed by atoms with van der Waals surface area (Å²) in [6, 6.07) is 5.34. The molecule has 0 aliphatic carbocycles. The molecule has 1 unspecified atom stereocenters. The predicted molar refractivity (Wildman–Crippen MR) is 88.9 cm³/mol. The first-order valence-electron chi connectivity index (χ1n) is 8.45. The van der Waals surface area contributed by atoms with E-state index in [9.17, 15) is 0 Å². The van der Waals surface area contributed by atoms with Crippen LogP contribution in [-0.2, 0) is 19.5 Å². The lowest BCUT2D eigenvalue weighted by atomic mass is 9.90. The van der Waals surface area contributed by atoms with Crippen LogP contribution < -0.4 is 10.1 Å². The molecule has 0 aromatic heterocycles. The molecule has 1 aliphatic rings. The molecule has 1 aromatic rings. The van der Waals surface area contributed by atoms with Gasteiger partial charge in [-0.2, -0.15) is 0 Å². The van der Waals surface area contributed by atoms with Gasteiger partial charge >= 0.3 is 0 Å². The van der Waals surface area contributed by atoms with Gasteiger partial charge in [0, 0.05) is 24.7 Å². The Morgan fingerprint density at radius 3 is 2.62 bits per heavy atom. The highest BCUT2D eigenvalue weighted by Gasteiger charge is 2.25. The maximum Gasteiger partial charge on any atom is 0.124 e. The lowest BCUT2D eigenvalue weighted by Gasteiger charge is -2.36. The number of nitrogens with one attached hydrogen (secondary N) is 1. The van der Waals surface area contributed by atoms with Crippen LogP contribution in [0.5, 0.6) is 5.75 Å². The third-order valence-corrected chi connectivity index (χ3v) is 4.47. The van der Waals surface area contributed by atoms with Crippen molar-refractivity contribution in [2.45, 2.75) is 59.7 Å². The maximum atomic E-state index is 5.86. The van der Waals surface area contributed by atoms with Crippen molar-refractivity contribution in [1.82, 2.24) is 10.2 Å². The highest BCUT2D eigenvalue weighted by molar-refractivity contribution is 5.44. The van der Waals surface area contributed by atoms with Crippen LogP contribution in [0, 0.1) is 0 Å². The van der Waals surface area contributed by atoms with Crippen molar-refractivity contribution in [2.75, 3.05) is 19.7 Å². The molecule has 1 N–H and O–H groups in total. The van der Waals surface area contributed by atoms with Crippen LogP contribution >= 0.6 is 0 Å². The van der Waals surface area contributed by atoms with Gasteiger partial charge in [0.05, 0.1) is 6.61 Å². The Bertz CT molecular complexity index is 459. The molecule has 0 fully saturated rings. The summed E-state index contributed by atoms with van der Waals surface area (Å²) in [6.45, 7) is 13.6. The average molecular weight is 290 g/mol. The van der Waals surface area contributed by atoms with E-state index in [-0.39, 0.29) is 0 Å². The zero-order chi connectivity index (χ0) is 15.2. The first-order valence-corrected chi connectivity index (χ1v) is 8.45. The maximum absolute atomic E-state index is 5.86. The highest BCUT2D eigenvalue weighted by atomic mass is 16.5. The number of rotatable bonds is 7. The average Bonchev–Trinajstić information content (AvgIpc) is 2.51. The Morgan fingerprint density at radius 1 is 1.19 bits per heavy atom. The fourth-order valence-electron chi connectivity index (χ4n) is 3.25. The number of fused-ring (bicyclic) bond motifs is 1. The number of ether oxygens (including phenoxy) is 1. The van der Waals surface area contributed by atoms with Crippen LogP contribution in [0.3, 0.4) is 0 Å². The van der Waals surface area contributed by atoms with Crippen molar-refractivity contribution >= 4 is 0 Å². The van der Waals surface area contributed by atoms with E-state index in [2.05, 4.69) is 50.0 Å². The van der Waals surface area contributed by atoms with Gasteiger partial charge in [0.15, 0.2) is 0 Å². The van der Waals surface area contributed by atoms with Gasteiger partial charge in [-0.25, -0.2) is 0 Å². The van der Waals surface area contributed by atoms with Crippen molar-refractivity contribution < 1.29 is 4.74 Å². The summed E-state index contributed by atoms with van der Waals surface area (Å²) >= 11 is 0. The van der Waals surface area contributed by atoms with E-state index < -0.39 is 0 Å². The number of hydrogen-bond donors (Lipinski definition) is 1. The molecule has 3 nitrogen and oxygen atoms in total. The molecule has 21 heavy (non-hydrogen) atoms. The van der Waals surface area contributed by atoms with Gasteiger partial charge in [-0.15, -0.1) is 0 Å². The van der Waals surface area contributed by atoms with Crippen LogP contribution in [-0.4, -0.2) is 30.6 Å². The molecule has 0 saturated carbocycles. The van der Waals surface area contributed by atoms with Crippen molar-refractivity contribution in [1.29, 1.82) is 0 Å². The quantitative estimate of drug-likeness (QED) is 0.833. The van der Waals surface area contributed by atoms with Crippen LogP contribution in [0.1, 0.15) is 50.8 Å². The second-order valence-corrected chi connectivity index (χ2v) is 5.77. The Hall–Kier alpha value is -1.06. The summed E-state index contributed by atoms with van der Waals surface area (Å²) in [4.78, 5) is 2.59. The van der Waals surface area contributed by atoms with E-state index in [0.717, 1.165) is 38.5 Å². The van der Waals surface area contributed by atoms with Crippen LogP contribution in [0.15, 0.2) is 12.1 Å². The summed E-state index contributed by atoms with van der Waals surface area (Å²) in [6.07, 6.45) is 2.40. The topological polar surface area (TPSA) is 24.5 Å². The van der Waals surface area contributed by atoms with Gasteiger partial charge in [-0.3, -0.25) is 4.90 Å². The number of benzene rings is 1. The zero-order valence-electron chi connectivity index (χ0n) is 14.0. The molecule has 0 spiro atoms. The molecule has 0 radical (unpaired) electrons. The minimum atomic E-state index is 0.687. The monoisotopic (exact) mass is 290 g/mol. The largest absolute Gasteiger partial charge is 0.494 e.